The van der Waals surface area contributed by atoms with Crippen molar-refractivity contribution in [1.29, 1.82) is 0 Å². The summed E-state index contributed by atoms with van der Waals surface area (Å²) in [5.41, 5.74) is 1.91. The minimum atomic E-state index is -1.05. The van der Waals surface area contributed by atoms with Gasteiger partial charge in [-0.2, -0.15) is 0 Å². The highest BCUT2D eigenvalue weighted by molar-refractivity contribution is 5.84. The lowest BCUT2D eigenvalue weighted by molar-refractivity contribution is -0.155. The molecule has 4 rings (SSSR count). The molecular weight excluding hydrogens is 462 g/mol. The summed E-state index contributed by atoms with van der Waals surface area (Å²) < 4.78 is 16.2. The molecule has 0 aliphatic heterocycles. The maximum Gasteiger partial charge on any atom is 0.332 e. The van der Waals surface area contributed by atoms with Crippen molar-refractivity contribution in [3.8, 4) is 5.75 Å². The van der Waals surface area contributed by atoms with Gasteiger partial charge in [-0.05, 0) is 87.5 Å². The number of carbonyl (C=O) groups excluding carboxylic acids is 2. The zero-order valence-corrected chi connectivity index (χ0v) is 21.3. The van der Waals surface area contributed by atoms with Crippen LogP contribution in [0.4, 0.5) is 0 Å². The SMILES string of the molecule is COCCOC(CC1(C(=O)NC2CCC(C(=O)Oc3ccc4c(c3)CCC4)CC2)CCCC1)C(=O)O. The number of benzene rings is 1. The molecule has 0 aromatic heterocycles. The van der Waals surface area contributed by atoms with Crippen molar-refractivity contribution >= 4 is 17.8 Å². The Bertz CT molecular complexity index is 932. The van der Waals surface area contributed by atoms with Crippen LogP contribution in [0.1, 0.15) is 75.3 Å². The monoisotopic (exact) mass is 501 g/mol. The van der Waals surface area contributed by atoms with E-state index in [0.29, 0.717) is 50.9 Å². The minimum Gasteiger partial charge on any atom is -0.479 e. The number of amides is 1. The Kier molecular flexibility index (Phi) is 9.01. The fourth-order valence-corrected chi connectivity index (χ4v) is 6.04. The summed E-state index contributed by atoms with van der Waals surface area (Å²) in [6.45, 7) is 0.484. The molecule has 0 saturated heterocycles. The van der Waals surface area contributed by atoms with E-state index >= 15 is 0 Å². The number of carboxylic acids is 1. The second kappa shape index (κ2) is 12.2. The maximum absolute atomic E-state index is 13.4. The number of nitrogens with one attached hydrogen (secondary N) is 1. The summed E-state index contributed by atoms with van der Waals surface area (Å²) in [7, 11) is 1.53. The number of ether oxygens (including phenoxy) is 3. The lowest BCUT2D eigenvalue weighted by atomic mass is 9.78. The average Bonchev–Trinajstić information content (AvgIpc) is 3.54. The van der Waals surface area contributed by atoms with E-state index in [1.54, 1.807) is 0 Å². The molecule has 0 bridgehead atoms. The summed E-state index contributed by atoms with van der Waals surface area (Å²) in [6.07, 6.45) is 8.31. The van der Waals surface area contributed by atoms with Gasteiger partial charge in [-0.3, -0.25) is 9.59 Å². The molecule has 8 nitrogen and oxygen atoms in total. The number of aryl methyl sites for hydroxylation is 2. The van der Waals surface area contributed by atoms with Crippen molar-refractivity contribution in [2.75, 3.05) is 20.3 Å². The van der Waals surface area contributed by atoms with Gasteiger partial charge in [-0.15, -0.1) is 0 Å². The van der Waals surface area contributed by atoms with Gasteiger partial charge in [0, 0.05) is 13.2 Å². The molecule has 8 heteroatoms. The van der Waals surface area contributed by atoms with Gasteiger partial charge < -0.3 is 24.6 Å². The zero-order valence-electron chi connectivity index (χ0n) is 21.3. The molecule has 2 saturated carbocycles. The maximum atomic E-state index is 13.4. The van der Waals surface area contributed by atoms with Gasteiger partial charge in [0.15, 0.2) is 6.10 Å². The molecule has 2 fully saturated rings. The standard InChI is InChI=1S/C28H39NO7/c1-34-15-16-35-24(25(30)31)18-28(13-2-3-14-28)27(33)29-22-10-7-20(8-11-22)26(32)36-23-12-9-19-5-4-6-21(19)17-23/h9,12,17,20,22,24H,2-8,10-11,13-16,18H2,1H3,(H,29,33)(H,30,31). The Balaban J connectivity index is 1.28. The largest absolute Gasteiger partial charge is 0.479 e. The van der Waals surface area contributed by atoms with Gasteiger partial charge in [-0.1, -0.05) is 18.9 Å². The van der Waals surface area contributed by atoms with Crippen molar-refractivity contribution in [3.63, 3.8) is 0 Å². The van der Waals surface area contributed by atoms with Gasteiger partial charge in [-0.25, -0.2) is 4.79 Å². The van der Waals surface area contributed by atoms with Crippen molar-refractivity contribution in [1.82, 2.24) is 5.32 Å². The third-order valence-electron chi connectivity index (χ3n) is 8.18. The van der Waals surface area contributed by atoms with E-state index in [-0.39, 0.29) is 36.9 Å². The third kappa shape index (κ3) is 6.45. The van der Waals surface area contributed by atoms with Gasteiger partial charge in [0.25, 0.3) is 0 Å². The molecular formula is C28H39NO7. The van der Waals surface area contributed by atoms with E-state index in [4.69, 9.17) is 14.2 Å². The summed E-state index contributed by atoms with van der Waals surface area (Å²) in [5.74, 6) is -0.863. The second-order valence-electron chi connectivity index (χ2n) is 10.6. The van der Waals surface area contributed by atoms with Crippen LogP contribution in [0.25, 0.3) is 0 Å². The van der Waals surface area contributed by atoms with E-state index in [1.807, 2.05) is 12.1 Å². The lowest BCUT2D eigenvalue weighted by Crippen LogP contribution is -2.48. The molecule has 1 amide bonds. The van der Waals surface area contributed by atoms with Gasteiger partial charge in [0.05, 0.1) is 24.5 Å². The van der Waals surface area contributed by atoms with Crippen LogP contribution in [0.2, 0.25) is 0 Å². The number of carbonyl (C=O) groups is 3. The molecule has 3 aliphatic rings. The normalized spacial score (nSPS) is 23.6. The van der Waals surface area contributed by atoms with Crippen LogP contribution in [0.15, 0.2) is 18.2 Å². The van der Waals surface area contributed by atoms with Crippen LogP contribution in [-0.4, -0.2) is 55.4 Å². The molecule has 36 heavy (non-hydrogen) atoms. The summed E-state index contributed by atoms with van der Waals surface area (Å²) in [6, 6.07) is 5.93. The van der Waals surface area contributed by atoms with E-state index in [1.165, 1.54) is 18.2 Å². The molecule has 1 aromatic rings. The molecule has 2 N–H and O–H groups in total. The van der Waals surface area contributed by atoms with Crippen molar-refractivity contribution in [3.05, 3.63) is 29.3 Å². The smallest absolute Gasteiger partial charge is 0.332 e. The Morgan fingerprint density at radius 1 is 1.03 bits per heavy atom. The van der Waals surface area contributed by atoms with E-state index < -0.39 is 17.5 Å². The van der Waals surface area contributed by atoms with Crippen molar-refractivity contribution in [2.24, 2.45) is 11.3 Å². The van der Waals surface area contributed by atoms with E-state index in [9.17, 15) is 19.5 Å². The molecule has 1 atom stereocenters. The fourth-order valence-electron chi connectivity index (χ4n) is 6.04. The van der Waals surface area contributed by atoms with Crippen LogP contribution in [0.5, 0.6) is 5.75 Å². The van der Waals surface area contributed by atoms with Crippen molar-refractivity contribution < 1.29 is 33.7 Å². The molecule has 1 unspecified atom stereocenters. The molecule has 1 aromatic carbocycles. The highest BCUT2D eigenvalue weighted by atomic mass is 16.5. The van der Waals surface area contributed by atoms with Gasteiger partial charge >= 0.3 is 11.9 Å². The number of esters is 1. The predicted molar refractivity (Wildman–Crippen MR) is 133 cm³/mol. The average molecular weight is 502 g/mol. The van der Waals surface area contributed by atoms with Gasteiger partial charge in [0.1, 0.15) is 5.75 Å². The number of hydrogen-bond donors (Lipinski definition) is 2. The van der Waals surface area contributed by atoms with Crippen LogP contribution < -0.4 is 10.1 Å². The Morgan fingerprint density at radius 3 is 2.44 bits per heavy atom. The molecule has 0 heterocycles. The van der Waals surface area contributed by atoms with Crippen LogP contribution >= 0.6 is 0 Å². The number of rotatable bonds is 11. The Morgan fingerprint density at radius 2 is 1.75 bits per heavy atom. The summed E-state index contributed by atoms with van der Waals surface area (Å²) in [4.78, 5) is 37.9. The van der Waals surface area contributed by atoms with Crippen LogP contribution in [-0.2, 0) is 36.7 Å². The van der Waals surface area contributed by atoms with Crippen molar-refractivity contribution in [2.45, 2.75) is 89.2 Å². The molecule has 0 spiro atoms. The molecule has 0 radical (unpaired) electrons. The number of hydrogen-bond acceptors (Lipinski definition) is 6. The minimum absolute atomic E-state index is 0.0169. The Labute approximate surface area is 213 Å². The number of aliphatic carboxylic acids is 1. The predicted octanol–water partition coefficient (Wildman–Crippen LogP) is 3.82. The highest BCUT2D eigenvalue weighted by Crippen LogP contribution is 2.43. The summed E-state index contributed by atoms with van der Waals surface area (Å²) >= 11 is 0. The third-order valence-corrected chi connectivity index (χ3v) is 8.18. The molecule has 3 aliphatic carbocycles. The van der Waals surface area contributed by atoms with Gasteiger partial charge in [0.2, 0.25) is 5.91 Å². The first-order valence-electron chi connectivity index (χ1n) is 13.4. The quantitative estimate of drug-likeness (QED) is 0.269. The Hall–Kier alpha value is -2.45. The van der Waals surface area contributed by atoms with Crippen LogP contribution in [0.3, 0.4) is 0 Å². The first-order valence-corrected chi connectivity index (χ1v) is 13.4. The second-order valence-corrected chi connectivity index (χ2v) is 10.6. The number of carboxylic acid groups (broad SMARTS) is 1. The number of fused-ring (bicyclic) bond motifs is 1. The first-order chi connectivity index (χ1) is 17.4. The first kappa shape index (κ1) is 26.6. The highest BCUT2D eigenvalue weighted by Gasteiger charge is 2.45. The topological polar surface area (TPSA) is 111 Å². The van der Waals surface area contributed by atoms with E-state index in [2.05, 4.69) is 11.4 Å². The fraction of sp³-hybridized carbons (Fsp3) is 0.679. The molecule has 198 valence electrons. The number of methoxy groups -OCH3 is 1. The lowest BCUT2D eigenvalue weighted by Gasteiger charge is -2.34. The zero-order chi connectivity index (χ0) is 25.5. The van der Waals surface area contributed by atoms with E-state index in [0.717, 1.165) is 32.1 Å². The summed E-state index contributed by atoms with van der Waals surface area (Å²) in [5, 5.41) is 12.8. The van der Waals surface area contributed by atoms with Crippen LogP contribution in [0, 0.1) is 11.3 Å².